The molecule has 4 nitrogen and oxygen atoms in total. The van der Waals surface area contributed by atoms with Crippen LogP contribution < -0.4 is 15.5 Å². The molecule has 0 aliphatic carbocycles. The zero-order chi connectivity index (χ0) is 15.5. The first-order valence-electron chi connectivity index (χ1n) is 7.59. The van der Waals surface area contributed by atoms with Crippen LogP contribution in [0.1, 0.15) is 34.1 Å². The molecule has 0 bridgehead atoms. The van der Waals surface area contributed by atoms with Crippen LogP contribution in [0.3, 0.4) is 0 Å². The highest BCUT2D eigenvalue weighted by atomic mass is 16.7. The van der Waals surface area contributed by atoms with Crippen molar-refractivity contribution in [1.29, 1.82) is 0 Å². The van der Waals surface area contributed by atoms with Gasteiger partial charge in [-0.2, -0.15) is 0 Å². The molecule has 0 spiro atoms. The lowest BCUT2D eigenvalue weighted by Gasteiger charge is -2.32. The maximum absolute atomic E-state index is 6.06. The maximum atomic E-state index is 6.06. The molecule has 1 N–H and O–H groups in total. The second-order valence-electron chi connectivity index (χ2n) is 6.47. The number of benzene rings is 1. The first kappa shape index (κ1) is 16.3. The minimum atomic E-state index is -0.337. The van der Waals surface area contributed by atoms with Crippen molar-refractivity contribution in [1.82, 2.24) is 5.32 Å². The Morgan fingerprint density at radius 2 is 1.81 bits per heavy atom. The van der Waals surface area contributed by atoms with Crippen molar-refractivity contribution < 1.29 is 14.0 Å². The quantitative estimate of drug-likeness (QED) is 0.642. The van der Waals surface area contributed by atoms with Gasteiger partial charge in [0.2, 0.25) is 0 Å². The molecule has 2 rings (SSSR count). The molecule has 1 aliphatic rings. The van der Waals surface area contributed by atoms with E-state index in [0.717, 1.165) is 24.2 Å². The van der Waals surface area contributed by atoms with Gasteiger partial charge in [0.25, 0.3) is 0 Å². The van der Waals surface area contributed by atoms with Crippen molar-refractivity contribution >= 4 is 12.6 Å². The summed E-state index contributed by atoms with van der Waals surface area (Å²) in [7, 11) is 1.61. The fourth-order valence-corrected chi connectivity index (χ4v) is 2.17. The molecule has 0 radical (unpaired) electrons. The van der Waals surface area contributed by atoms with Crippen molar-refractivity contribution in [3.8, 4) is 5.75 Å². The largest absolute Gasteiger partial charge is 0.494 e. The summed E-state index contributed by atoms with van der Waals surface area (Å²) in [5.74, 6) is 0.860. The van der Waals surface area contributed by atoms with E-state index in [1.54, 1.807) is 0 Å². The van der Waals surface area contributed by atoms with E-state index >= 15 is 0 Å². The van der Waals surface area contributed by atoms with Gasteiger partial charge in [0, 0.05) is 0 Å². The highest BCUT2D eigenvalue weighted by Crippen LogP contribution is 2.36. The van der Waals surface area contributed by atoms with E-state index in [-0.39, 0.29) is 18.3 Å². The Kier molecular flexibility index (Phi) is 4.97. The maximum Gasteiger partial charge on any atom is 0.494 e. The fourth-order valence-electron chi connectivity index (χ4n) is 2.17. The van der Waals surface area contributed by atoms with Crippen LogP contribution in [-0.4, -0.2) is 38.5 Å². The van der Waals surface area contributed by atoms with Gasteiger partial charge in [0.05, 0.1) is 17.8 Å². The summed E-state index contributed by atoms with van der Waals surface area (Å²) in [6.45, 7) is 9.90. The lowest BCUT2D eigenvalue weighted by molar-refractivity contribution is 0.00578. The lowest BCUT2D eigenvalue weighted by atomic mass is 9.79. The molecule has 0 saturated carbocycles. The molecule has 1 aromatic carbocycles. The Labute approximate surface area is 128 Å². The van der Waals surface area contributed by atoms with Crippen molar-refractivity contribution in [2.75, 3.05) is 20.2 Å². The first-order valence-corrected chi connectivity index (χ1v) is 7.59. The summed E-state index contributed by atoms with van der Waals surface area (Å²) < 4.78 is 17.9. The van der Waals surface area contributed by atoms with Gasteiger partial charge in [-0.15, -0.1) is 0 Å². The predicted octanol–water partition coefficient (Wildman–Crippen LogP) is 1.97. The minimum absolute atomic E-state index is 0.318. The van der Waals surface area contributed by atoms with E-state index in [4.69, 9.17) is 14.0 Å². The lowest BCUT2D eigenvalue weighted by Crippen LogP contribution is -2.41. The van der Waals surface area contributed by atoms with Crippen LogP contribution in [0.5, 0.6) is 5.75 Å². The molecule has 1 heterocycles. The summed E-state index contributed by atoms with van der Waals surface area (Å²) in [6, 6.07) is 7.96. The normalized spacial score (nSPS) is 19.8. The second kappa shape index (κ2) is 6.38. The van der Waals surface area contributed by atoms with Gasteiger partial charge in [-0.05, 0) is 65.3 Å². The highest BCUT2D eigenvalue weighted by Gasteiger charge is 2.51. The van der Waals surface area contributed by atoms with Gasteiger partial charge in [-0.3, -0.25) is 0 Å². The fraction of sp³-hybridized carbons (Fsp3) is 0.625. The Morgan fingerprint density at radius 1 is 1.14 bits per heavy atom. The van der Waals surface area contributed by atoms with Gasteiger partial charge in [-0.1, -0.05) is 12.1 Å². The molecular weight excluding hydrogens is 265 g/mol. The van der Waals surface area contributed by atoms with Crippen LogP contribution in [0.2, 0.25) is 0 Å². The number of hydrogen-bond acceptors (Lipinski definition) is 4. The molecule has 1 saturated heterocycles. The third-order valence-electron chi connectivity index (χ3n) is 4.22. The summed E-state index contributed by atoms with van der Waals surface area (Å²) in [4.78, 5) is 0. The van der Waals surface area contributed by atoms with Crippen LogP contribution in [0.4, 0.5) is 0 Å². The third kappa shape index (κ3) is 3.79. The number of ether oxygens (including phenoxy) is 1. The molecule has 0 amide bonds. The molecule has 5 heteroatoms. The van der Waals surface area contributed by atoms with Crippen LogP contribution >= 0.6 is 0 Å². The monoisotopic (exact) mass is 291 g/mol. The Balaban J connectivity index is 2.02. The zero-order valence-corrected chi connectivity index (χ0v) is 13.7. The van der Waals surface area contributed by atoms with Gasteiger partial charge < -0.3 is 19.4 Å². The standard InChI is InChI=1S/C16H26BNO3/c1-15(2)16(3,4)21-17(20-15)13-8-6-9-14(12-13)19-11-7-10-18-5/h6,8-9,12,18H,7,10-11H2,1-5H3. The molecule has 0 atom stereocenters. The Morgan fingerprint density at radius 3 is 2.43 bits per heavy atom. The van der Waals surface area contributed by atoms with Crippen LogP contribution in [0.15, 0.2) is 24.3 Å². The average molecular weight is 291 g/mol. The van der Waals surface area contributed by atoms with Crippen molar-refractivity contribution in [3.05, 3.63) is 24.3 Å². The molecule has 1 fully saturated rings. The Hall–Kier alpha value is -1.04. The summed E-state index contributed by atoms with van der Waals surface area (Å²) >= 11 is 0. The van der Waals surface area contributed by atoms with Gasteiger partial charge in [-0.25, -0.2) is 0 Å². The zero-order valence-electron chi connectivity index (χ0n) is 13.7. The topological polar surface area (TPSA) is 39.7 Å². The van der Waals surface area contributed by atoms with Gasteiger partial charge >= 0.3 is 7.12 Å². The molecule has 1 aromatic rings. The Bertz CT molecular complexity index is 460. The summed E-state index contributed by atoms with van der Waals surface area (Å²) in [6.07, 6.45) is 0.983. The summed E-state index contributed by atoms with van der Waals surface area (Å²) in [5.41, 5.74) is 0.364. The van der Waals surface area contributed by atoms with E-state index in [1.165, 1.54) is 0 Å². The van der Waals surface area contributed by atoms with E-state index in [1.807, 2.05) is 31.3 Å². The van der Waals surface area contributed by atoms with E-state index in [9.17, 15) is 0 Å². The minimum Gasteiger partial charge on any atom is -0.494 e. The van der Waals surface area contributed by atoms with E-state index in [0.29, 0.717) is 6.61 Å². The molecule has 0 aromatic heterocycles. The first-order chi connectivity index (χ1) is 9.86. The molecule has 0 unspecified atom stereocenters. The summed E-state index contributed by atoms with van der Waals surface area (Å²) in [5, 5.41) is 3.11. The van der Waals surface area contributed by atoms with Gasteiger partial charge in [0.1, 0.15) is 5.75 Å². The van der Waals surface area contributed by atoms with E-state index < -0.39 is 0 Å². The van der Waals surface area contributed by atoms with E-state index in [2.05, 4.69) is 33.0 Å². The van der Waals surface area contributed by atoms with Crippen LogP contribution in [-0.2, 0) is 9.31 Å². The molecule has 1 aliphatic heterocycles. The van der Waals surface area contributed by atoms with Crippen LogP contribution in [0.25, 0.3) is 0 Å². The van der Waals surface area contributed by atoms with Gasteiger partial charge in [0.15, 0.2) is 0 Å². The number of nitrogens with one attached hydrogen (secondary N) is 1. The van der Waals surface area contributed by atoms with Crippen molar-refractivity contribution in [3.63, 3.8) is 0 Å². The molecule has 21 heavy (non-hydrogen) atoms. The second-order valence-corrected chi connectivity index (χ2v) is 6.47. The number of hydrogen-bond donors (Lipinski definition) is 1. The van der Waals surface area contributed by atoms with Crippen LogP contribution in [0, 0.1) is 0 Å². The van der Waals surface area contributed by atoms with Crippen molar-refractivity contribution in [2.45, 2.75) is 45.3 Å². The SMILES string of the molecule is CNCCCOc1cccc(B2OC(C)(C)C(C)(C)O2)c1. The highest BCUT2D eigenvalue weighted by molar-refractivity contribution is 6.62. The third-order valence-corrected chi connectivity index (χ3v) is 4.22. The smallest absolute Gasteiger partial charge is 0.494 e. The molecular formula is C16H26BNO3. The average Bonchev–Trinajstić information content (AvgIpc) is 2.64. The number of rotatable bonds is 6. The van der Waals surface area contributed by atoms with Crippen molar-refractivity contribution in [2.24, 2.45) is 0 Å². The molecule has 116 valence electrons. The predicted molar refractivity (Wildman–Crippen MR) is 86.2 cm³/mol.